The van der Waals surface area contributed by atoms with E-state index >= 15 is 0 Å². The highest BCUT2D eigenvalue weighted by Crippen LogP contribution is 2.33. The molecule has 1 aromatic carbocycles. The predicted molar refractivity (Wildman–Crippen MR) is 97.5 cm³/mol. The van der Waals surface area contributed by atoms with Crippen LogP contribution in [-0.4, -0.2) is 34.8 Å². The number of carbonyl (C=O) groups excluding carboxylic acids is 2. The van der Waals surface area contributed by atoms with Crippen LogP contribution in [0.2, 0.25) is 0 Å². The second-order valence-electron chi connectivity index (χ2n) is 6.58. The second kappa shape index (κ2) is 6.96. The van der Waals surface area contributed by atoms with Gasteiger partial charge in [-0.1, -0.05) is 18.2 Å². The maximum atomic E-state index is 13.0. The van der Waals surface area contributed by atoms with Crippen molar-refractivity contribution >= 4 is 28.8 Å². The quantitative estimate of drug-likeness (QED) is 0.850. The van der Waals surface area contributed by atoms with Gasteiger partial charge in [0.05, 0.1) is 6.04 Å². The number of benzene rings is 1. The van der Waals surface area contributed by atoms with Crippen LogP contribution in [0, 0.1) is 0 Å². The van der Waals surface area contributed by atoms with Crippen LogP contribution in [0.3, 0.4) is 0 Å². The number of hydrogen-bond donors (Lipinski definition) is 0. The van der Waals surface area contributed by atoms with Gasteiger partial charge < -0.3 is 9.80 Å². The summed E-state index contributed by atoms with van der Waals surface area (Å²) in [6.07, 6.45) is 6.09. The van der Waals surface area contributed by atoms with E-state index in [1.54, 1.807) is 22.4 Å². The first-order valence-corrected chi connectivity index (χ1v) is 9.69. The van der Waals surface area contributed by atoms with Gasteiger partial charge in [-0.2, -0.15) is 0 Å². The molecule has 2 aliphatic rings. The Balaban J connectivity index is 1.56. The zero-order valence-electron chi connectivity index (χ0n) is 14.1. The fourth-order valence-corrected chi connectivity index (χ4v) is 4.57. The molecule has 25 heavy (non-hydrogen) atoms. The number of carbonyl (C=O) groups is 2. The van der Waals surface area contributed by atoms with Crippen molar-refractivity contribution in [3.05, 3.63) is 46.4 Å². The first kappa shape index (κ1) is 16.3. The lowest BCUT2D eigenvalue weighted by Crippen LogP contribution is -2.47. The Bertz CT molecular complexity index is 775. The third kappa shape index (κ3) is 3.18. The zero-order chi connectivity index (χ0) is 17.2. The minimum atomic E-state index is 0.0185. The smallest absolute Gasteiger partial charge is 0.243 e. The van der Waals surface area contributed by atoms with Gasteiger partial charge in [0.25, 0.3) is 0 Å². The Morgan fingerprint density at radius 3 is 2.96 bits per heavy atom. The SMILES string of the molecule is O=C1CCc2ccccc2N1CC(=O)N1CCCC[C@@H]1c1nccs1. The molecular weight excluding hydrogens is 334 g/mol. The Hall–Kier alpha value is -2.21. The van der Waals surface area contributed by atoms with Crippen molar-refractivity contribution < 1.29 is 9.59 Å². The van der Waals surface area contributed by atoms with Gasteiger partial charge in [-0.05, 0) is 37.3 Å². The zero-order valence-corrected chi connectivity index (χ0v) is 14.9. The van der Waals surface area contributed by atoms with E-state index in [0.29, 0.717) is 6.42 Å². The van der Waals surface area contributed by atoms with Crippen LogP contribution in [-0.2, 0) is 16.0 Å². The molecule has 5 nitrogen and oxygen atoms in total. The van der Waals surface area contributed by atoms with Crippen LogP contribution in [0.1, 0.15) is 42.3 Å². The summed E-state index contributed by atoms with van der Waals surface area (Å²) < 4.78 is 0. The van der Waals surface area contributed by atoms with Crippen LogP contribution in [0.5, 0.6) is 0 Å². The first-order chi connectivity index (χ1) is 12.2. The fourth-order valence-electron chi connectivity index (χ4n) is 3.78. The number of hydrogen-bond acceptors (Lipinski definition) is 4. The number of nitrogens with zero attached hydrogens (tertiary/aromatic N) is 3. The molecule has 1 saturated heterocycles. The number of para-hydroxylation sites is 1. The summed E-state index contributed by atoms with van der Waals surface area (Å²) in [4.78, 5) is 33.5. The van der Waals surface area contributed by atoms with E-state index in [-0.39, 0.29) is 24.4 Å². The normalized spacial score (nSPS) is 20.5. The summed E-state index contributed by atoms with van der Waals surface area (Å²) in [5.41, 5.74) is 2.03. The van der Waals surface area contributed by atoms with Gasteiger partial charge in [-0.15, -0.1) is 11.3 Å². The summed E-state index contributed by atoms with van der Waals surface area (Å²) in [6.45, 7) is 0.866. The summed E-state index contributed by atoms with van der Waals surface area (Å²) in [5, 5.41) is 2.95. The highest BCUT2D eigenvalue weighted by molar-refractivity contribution is 7.09. The maximum Gasteiger partial charge on any atom is 0.243 e. The number of fused-ring (bicyclic) bond motifs is 1. The standard InChI is InChI=1S/C19H21N3O2S/c23-17-9-8-14-5-1-2-6-15(14)22(17)13-18(24)21-11-4-3-7-16(21)19-20-10-12-25-19/h1-2,5-6,10,12,16H,3-4,7-9,11,13H2/t16-/m1/s1. The molecule has 2 aliphatic heterocycles. The number of aromatic nitrogens is 1. The molecule has 1 atom stereocenters. The molecule has 0 spiro atoms. The summed E-state index contributed by atoms with van der Waals surface area (Å²) in [7, 11) is 0. The highest BCUT2D eigenvalue weighted by atomic mass is 32.1. The largest absolute Gasteiger partial charge is 0.332 e. The van der Waals surface area contributed by atoms with E-state index in [0.717, 1.165) is 48.5 Å². The van der Waals surface area contributed by atoms with Crippen molar-refractivity contribution in [3.8, 4) is 0 Å². The number of amides is 2. The molecule has 1 fully saturated rings. The van der Waals surface area contributed by atoms with Crippen LogP contribution in [0.4, 0.5) is 5.69 Å². The topological polar surface area (TPSA) is 53.5 Å². The van der Waals surface area contributed by atoms with Gasteiger partial charge in [-0.3, -0.25) is 9.59 Å². The summed E-state index contributed by atoms with van der Waals surface area (Å²) >= 11 is 1.60. The second-order valence-corrected chi connectivity index (χ2v) is 7.50. The molecule has 130 valence electrons. The number of thiazole rings is 1. The van der Waals surface area contributed by atoms with E-state index in [4.69, 9.17) is 0 Å². The molecule has 2 amide bonds. The number of rotatable bonds is 3. The van der Waals surface area contributed by atoms with Gasteiger partial charge in [0.15, 0.2) is 0 Å². The molecule has 4 rings (SSSR count). The molecule has 6 heteroatoms. The van der Waals surface area contributed by atoms with Crippen LogP contribution in [0.15, 0.2) is 35.8 Å². The van der Waals surface area contributed by atoms with Crippen LogP contribution < -0.4 is 4.90 Å². The molecule has 0 saturated carbocycles. The van der Waals surface area contributed by atoms with E-state index in [1.165, 1.54) is 0 Å². The summed E-state index contributed by atoms with van der Waals surface area (Å²) in [5.74, 6) is 0.0554. The monoisotopic (exact) mass is 355 g/mol. The van der Waals surface area contributed by atoms with Gasteiger partial charge >= 0.3 is 0 Å². The molecule has 0 bridgehead atoms. The number of piperidine rings is 1. The van der Waals surface area contributed by atoms with Crippen molar-refractivity contribution in [2.45, 2.75) is 38.1 Å². The first-order valence-electron chi connectivity index (χ1n) is 8.81. The average molecular weight is 355 g/mol. The number of anilines is 1. The molecule has 0 radical (unpaired) electrons. The Kier molecular flexibility index (Phi) is 4.53. The average Bonchev–Trinajstić information content (AvgIpc) is 3.18. The number of likely N-dealkylation sites (tertiary alicyclic amines) is 1. The van der Waals surface area contributed by atoms with E-state index < -0.39 is 0 Å². The molecule has 0 N–H and O–H groups in total. The van der Waals surface area contributed by atoms with Crippen molar-refractivity contribution in [1.29, 1.82) is 0 Å². The third-order valence-corrected chi connectivity index (χ3v) is 5.92. The Morgan fingerprint density at radius 2 is 2.12 bits per heavy atom. The number of aryl methyl sites for hydroxylation is 1. The van der Waals surface area contributed by atoms with Crippen molar-refractivity contribution in [2.24, 2.45) is 0 Å². The Morgan fingerprint density at radius 1 is 1.24 bits per heavy atom. The minimum absolute atomic E-state index is 0.0185. The van der Waals surface area contributed by atoms with Gasteiger partial charge in [0.1, 0.15) is 11.6 Å². The van der Waals surface area contributed by atoms with Gasteiger partial charge in [-0.25, -0.2) is 4.98 Å². The van der Waals surface area contributed by atoms with Gasteiger partial charge in [0, 0.05) is 30.2 Å². The fraction of sp³-hybridized carbons (Fsp3) is 0.421. The van der Waals surface area contributed by atoms with Crippen LogP contribution in [0.25, 0.3) is 0 Å². The summed E-state index contributed by atoms with van der Waals surface area (Å²) in [6, 6.07) is 7.94. The third-order valence-electron chi connectivity index (χ3n) is 5.04. The van der Waals surface area contributed by atoms with E-state index in [9.17, 15) is 9.59 Å². The van der Waals surface area contributed by atoms with E-state index in [1.807, 2.05) is 34.5 Å². The maximum absolute atomic E-state index is 13.0. The molecular formula is C19H21N3O2S. The lowest BCUT2D eigenvalue weighted by atomic mass is 10.0. The molecule has 1 aromatic heterocycles. The van der Waals surface area contributed by atoms with Gasteiger partial charge in [0.2, 0.25) is 11.8 Å². The molecule has 0 aliphatic carbocycles. The van der Waals surface area contributed by atoms with E-state index in [2.05, 4.69) is 4.98 Å². The minimum Gasteiger partial charge on any atom is -0.332 e. The van der Waals surface area contributed by atoms with Crippen molar-refractivity contribution in [1.82, 2.24) is 9.88 Å². The van der Waals surface area contributed by atoms with Crippen molar-refractivity contribution in [3.63, 3.8) is 0 Å². The molecule has 3 heterocycles. The van der Waals surface area contributed by atoms with Crippen LogP contribution >= 0.6 is 11.3 Å². The highest BCUT2D eigenvalue weighted by Gasteiger charge is 2.33. The lowest BCUT2D eigenvalue weighted by Gasteiger charge is -2.37. The lowest BCUT2D eigenvalue weighted by molar-refractivity contribution is -0.135. The van der Waals surface area contributed by atoms with Crippen molar-refractivity contribution in [2.75, 3.05) is 18.0 Å². The Labute approximate surface area is 151 Å². The predicted octanol–water partition coefficient (Wildman–Crippen LogP) is 3.18. The molecule has 0 unspecified atom stereocenters. The molecule has 2 aromatic rings.